The number of hydrogen-bond donors (Lipinski definition) is 2. The van der Waals surface area contributed by atoms with Crippen molar-refractivity contribution >= 4 is 11.6 Å². The van der Waals surface area contributed by atoms with E-state index in [-0.39, 0.29) is 0 Å². The van der Waals surface area contributed by atoms with Gasteiger partial charge in [-0.05, 0) is 12.5 Å². The number of nitrogens with one attached hydrogen (secondary N) is 2. The number of anilines is 2. The molecule has 0 saturated heterocycles. The van der Waals surface area contributed by atoms with Crippen molar-refractivity contribution in [1.82, 2.24) is 9.97 Å². The Balaban J connectivity index is 2.03. The zero-order chi connectivity index (χ0) is 13.5. The van der Waals surface area contributed by atoms with Gasteiger partial charge in [-0.1, -0.05) is 36.4 Å². The van der Waals surface area contributed by atoms with Crippen LogP contribution in [0.3, 0.4) is 0 Å². The maximum atomic E-state index is 4.37. The van der Waals surface area contributed by atoms with Gasteiger partial charge in [0.2, 0.25) is 0 Å². The van der Waals surface area contributed by atoms with Gasteiger partial charge in [0, 0.05) is 19.2 Å². The fraction of sp³-hybridized carbons (Fsp3) is 0.200. The van der Waals surface area contributed by atoms with Gasteiger partial charge in [-0.3, -0.25) is 0 Å². The van der Waals surface area contributed by atoms with Gasteiger partial charge >= 0.3 is 0 Å². The van der Waals surface area contributed by atoms with Gasteiger partial charge in [0.15, 0.2) is 0 Å². The summed E-state index contributed by atoms with van der Waals surface area (Å²) in [6, 6.07) is 12.1. The Bertz CT molecular complexity index is 537. The summed E-state index contributed by atoms with van der Waals surface area (Å²) < 4.78 is 0. The predicted octanol–water partition coefficient (Wildman–Crippen LogP) is 3.00. The molecule has 4 nitrogen and oxygen atoms in total. The normalized spacial score (nSPS) is 9.95. The average Bonchev–Trinajstić information content (AvgIpc) is 2.43. The molecule has 0 saturated carbocycles. The Morgan fingerprint density at radius 2 is 1.79 bits per heavy atom. The summed E-state index contributed by atoms with van der Waals surface area (Å²) >= 11 is 0. The van der Waals surface area contributed by atoms with Crippen LogP contribution in [0, 0.1) is 6.92 Å². The molecular formula is C15H18N4. The first-order valence-corrected chi connectivity index (χ1v) is 6.26. The summed E-state index contributed by atoms with van der Waals surface area (Å²) in [5, 5.41) is 6.47. The highest BCUT2D eigenvalue weighted by atomic mass is 15.1. The number of aryl methyl sites for hydroxylation is 1. The molecule has 0 unspecified atom stereocenters. The molecule has 0 aliphatic heterocycles. The van der Waals surface area contributed by atoms with E-state index in [1.54, 1.807) is 6.08 Å². The Hall–Kier alpha value is -2.36. The van der Waals surface area contributed by atoms with E-state index in [1.165, 1.54) is 5.56 Å². The molecular weight excluding hydrogens is 236 g/mol. The third-order valence-electron chi connectivity index (χ3n) is 2.58. The highest BCUT2D eigenvalue weighted by Crippen LogP contribution is 2.12. The second kappa shape index (κ2) is 6.54. The minimum absolute atomic E-state index is 0.689. The quantitative estimate of drug-likeness (QED) is 0.778. The minimum atomic E-state index is 0.689. The number of aromatic nitrogens is 2. The van der Waals surface area contributed by atoms with Crippen molar-refractivity contribution in [3.63, 3.8) is 0 Å². The van der Waals surface area contributed by atoms with Crippen LogP contribution in [-0.2, 0) is 6.54 Å². The lowest BCUT2D eigenvalue weighted by molar-refractivity contribution is 1.02. The maximum absolute atomic E-state index is 4.37. The predicted molar refractivity (Wildman–Crippen MR) is 79.2 cm³/mol. The van der Waals surface area contributed by atoms with Crippen molar-refractivity contribution in [2.45, 2.75) is 13.5 Å². The molecule has 1 heterocycles. The number of hydrogen-bond acceptors (Lipinski definition) is 4. The lowest BCUT2D eigenvalue weighted by Crippen LogP contribution is -2.06. The third-order valence-corrected chi connectivity index (χ3v) is 2.58. The highest BCUT2D eigenvalue weighted by Gasteiger charge is 2.01. The molecule has 2 rings (SSSR count). The SMILES string of the molecule is C=CCNc1cc(NCc2ccccc2)nc(C)n1. The van der Waals surface area contributed by atoms with Crippen molar-refractivity contribution < 1.29 is 0 Å². The zero-order valence-electron chi connectivity index (χ0n) is 11.1. The first kappa shape index (κ1) is 13.1. The summed E-state index contributed by atoms with van der Waals surface area (Å²) in [6.07, 6.45) is 1.80. The Morgan fingerprint density at radius 3 is 2.47 bits per heavy atom. The number of benzene rings is 1. The van der Waals surface area contributed by atoms with Crippen LogP contribution in [0.15, 0.2) is 49.1 Å². The Kier molecular flexibility index (Phi) is 4.50. The lowest BCUT2D eigenvalue weighted by Gasteiger charge is -2.09. The second-order valence-electron chi connectivity index (χ2n) is 4.19. The summed E-state index contributed by atoms with van der Waals surface area (Å²) in [4.78, 5) is 8.69. The second-order valence-corrected chi connectivity index (χ2v) is 4.19. The van der Waals surface area contributed by atoms with E-state index in [0.29, 0.717) is 6.54 Å². The molecule has 98 valence electrons. The molecule has 0 aliphatic rings. The average molecular weight is 254 g/mol. The molecule has 2 N–H and O–H groups in total. The Labute approximate surface area is 113 Å². The van der Waals surface area contributed by atoms with E-state index in [9.17, 15) is 0 Å². The van der Waals surface area contributed by atoms with Gasteiger partial charge in [0.1, 0.15) is 17.5 Å². The minimum Gasteiger partial charge on any atom is -0.366 e. The van der Waals surface area contributed by atoms with E-state index in [0.717, 1.165) is 24.0 Å². The van der Waals surface area contributed by atoms with Gasteiger partial charge in [0.25, 0.3) is 0 Å². The third kappa shape index (κ3) is 4.10. The lowest BCUT2D eigenvalue weighted by atomic mass is 10.2. The van der Waals surface area contributed by atoms with Gasteiger partial charge in [-0.15, -0.1) is 6.58 Å². The summed E-state index contributed by atoms with van der Waals surface area (Å²) in [5.41, 5.74) is 1.22. The van der Waals surface area contributed by atoms with Crippen LogP contribution in [0.2, 0.25) is 0 Å². The highest BCUT2D eigenvalue weighted by molar-refractivity contribution is 5.48. The van der Waals surface area contributed by atoms with E-state index >= 15 is 0 Å². The summed E-state index contributed by atoms with van der Waals surface area (Å²) in [6.45, 7) is 6.99. The molecule has 0 fully saturated rings. The molecule has 1 aromatic carbocycles. The first-order chi connectivity index (χ1) is 9.28. The van der Waals surface area contributed by atoms with Crippen molar-refractivity contribution in [2.75, 3.05) is 17.2 Å². The fourth-order valence-corrected chi connectivity index (χ4v) is 1.71. The molecule has 1 aromatic heterocycles. The smallest absolute Gasteiger partial charge is 0.132 e. The molecule has 0 atom stereocenters. The van der Waals surface area contributed by atoms with Crippen molar-refractivity contribution in [3.05, 3.63) is 60.4 Å². The van der Waals surface area contributed by atoms with Crippen LogP contribution in [0.4, 0.5) is 11.6 Å². The van der Waals surface area contributed by atoms with Crippen LogP contribution in [0.25, 0.3) is 0 Å². The molecule has 2 aromatic rings. The Morgan fingerprint density at radius 1 is 1.11 bits per heavy atom. The van der Waals surface area contributed by atoms with Crippen LogP contribution < -0.4 is 10.6 Å². The van der Waals surface area contributed by atoms with E-state index in [1.807, 2.05) is 31.2 Å². The first-order valence-electron chi connectivity index (χ1n) is 6.26. The van der Waals surface area contributed by atoms with Gasteiger partial charge in [-0.2, -0.15) is 0 Å². The molecule has 19 heavy (non-hydrogen) atoms. The van der Waals surface area contributed by atoms with Crippen molar-refractivity contribution in [3.8, 4) is 0 Å². The van der Waals surface area contributed by atoms with Gasteiger partial charge < -0.3 is 10.6 Å². The van der Waals surface area contributed by atoms with E-state index in [2.05, 4.69) is 39.3 Å². The van der Waals surface area contributed by atoms with E-state index in [4.69, 9.17) is 0 Å². The monoisotopic (exact) mass is 254 g/mol. The van der Waals surface area contributed by atoms with Gasteiger partial charge in [-0.25, -0.2) is 9.97 Å². The van der Waals surface area contributed by atoms with Crippen molar-refractivity contribution in [2.24, 2.45) is 0 Å². The van der Waals surface area contributed by atoms with Crippen LogP contribution >= 0.6 is 0 Å². The summed E-state index contributed by atoms with van der Waals surface area (Å²) in [5.74, 6) is 2.37. The van der Waals surface area contributed by atoms with Gasteiger partial charge in [0.05, 0.1) is 0 Å². The molecule has 0 bridgehead atoms. The molecule has 0 amide bonds. The van der Waals surface area contributed by atoms with Crippen molar-refractivity contribution in [1.29, 1.82) is 0 Å². The van der Waals surface area contributed by atoms with Crippen LogP contribution in [0.1, 0.15) is 11.4 Å². The molecule has 0 aliphatic carbocycles. The standard InChI is InChI=1S/C15H18N4/c1-3-9-16-14-10-15(19-12(2)18-14)17-11-13-7-5-4-6-8-13/h3-8,10H,1,9,11H2,2H3,(H2,16,17,18,19). The topological polar surface area (TPSA) is 49.8 Å². The fourth-order valence-electron chi connectivity index (χ4n) is 1.71. The van der Waals surface area contributed by atoms with Crippen LogP contribution in [-0.4, -0.2) is 16.5 Å². The number of nitrogens with zero attached hydrogens (tertiary/aromatic N) is 2. The number of rotatable bonds is 6. The largest absolute Gasteiger partial charge is 0.366 e. The maximum Gasteiger partial charge on any atom is 0.132 e. The van der Waals surface area contributed by atoms with E-state index < -0.39 is 0 Å². The zero-order valence-corrected chi connectivity index (χ0v) is 11.1. The van der Waals surface area contributed by atoms with Crippen LogP contribution in [0.5, 0.6) is 0 Å². The molecule has 0 spiro atoms. The summed E-state index contributed by atoms with van der Waals surface area (Å²) in [7, 11) is 0. The molecule has 4 heteroatoms. The molecule has 0 radical (unpaired) electrons.